The van der Waals surface area contributed by atoms with E-state index in [1.807, 2.05) is 20.8 Å². The molecule has 0 spiro atoms. The van der Waals surface area contributed by atoms with Crippen molar-refractivity contribution in [3.05, 3.63) is 51.3 Å². The van der Waals surface area contributed by atoms with E-state index < -0.39 is 0 Å². The molecule has 0 radical (unpaired) electrons. The molecule has 0 saturated heterocycles. The summed E-state index contributed by atoms with van der Waals surface area (Å²) in [4.78, 5) is 19.1. The Balaban J connectivity index is 2.74. The second kappa shape index (κ2) is 4.96. The van der Waals surface area contributed by atoms with Crippen LogP contribution in [-0.2, 0) is 0 Å². The molecule has 1 N–H and O–H groups in total. The lowest BCUT2D eigenvalue weighted by Gasteiger charge is -2.11. The third kappa shape index (κ3) is 2.57. The Kier molecular flexibility index (Phi) is 3.51. The largest absolute Gasteiger partial charge is 0.310 e. The van der Waals surface area contributed by atoms with Crippen molar-refractivity contribution in [1.82, 2.24) is 9.97 Å². The van der Waals surface area contributed by atoms with Crippen molar-refractivity contribution in [3.8, 4) is 11.3 Å². The van der Waals surface area contributed by atoms with Crippen LogP contribution in [0.25, 0.3) is 11.3 Å². The van der Waals surface area contributed by atoms with Crippen LogP contribution in [0.4, 0.5) is 4.39 Å². The number of aryl methyl sites for hydroxylation is 1. The second-order valence-electron chi connectivity index (χ2n) is 5.06. The SMILES string of the molecule is Cc1ccc(F)c(-c2nc(C(C)C)[nH]c(=O)c2C)c1. The second-order valence-corrected chi connectivity index (χ2v) is 5.06. The summed E-state index contributed by atoms with van der Waals surface area (Å²) < 4.78 is 13.9. The molecule has 1 heterocycles. The van der Waals surface area contributed by atoms with Crippen LogP contribution in [0.2, 0.25) is 0 Å². The van der Waals surface area contributed by atoms with Crippen molar-refractivity contribution in [3.63, 3.8) is 0 Å². The molecule has 0 atom stereocenters. The molecule has 19 heavy (non-hydrogen) atoms. The Bertz CT molecular complexity index is 674. The normalized spacial score (nSPS) is 11.1. The molecule has 0 aliphatic carbocycles. The smallest absolute Gasteiger partial charge is 0.254 e. The van der Waals surface area contributed by atoms with Crippen molar-refractivity contribution in [2.75, 3.05) is 0 Å². The summed E-state index contributed by atoms with van der Waals surface area (Å²) in [6.07, 6.45) is 0. The van der Waals surface area contributed by atoms with Crippen molar-refractivity contribution in [2.45, 2.75) is 33.6 Å². The summed E-state index contributed by atoms with van der Waals surface area (Å²) in [5, 5.41) is 0. The first-order valence-corrected chi connectivity index (χ1v) is 6.27. The van der Waals surface area contributed by atoms with Gasteiger partial charge >= 0.3 is 0 Å². The minimum Gasteiger partial charge on any atom is -0.310 e. The first-order valence-electron chi connectivity index (χ1n) is 6.27. The fraction of sp³-hybridized carbons (Fsp3) is 0.333. The van der Waals surface area contributed by atoms with Gasteiger partial charge < -0.3 is 4.98 Å². The van der Waals surface area contributed by atoms with Crippen molar-refractivity contribution in [2.24, 2.45) is 0 Å². The van der Waals surface area contributed by atoms with E-state index in [9.17, 15) is 9.18 Å². The average molecular weight is 260 g/mol. The zero-order chi connectivity index (χ0) is 14.2. The van der Waals surface area contributed by atoms with Crippen LogP contribution in [-0.4, -0.2) is 9.97 Å². The summed E-state index contributed by atoms with van der Waals surface area (Å²) >= 11 is 0. The summed E-state index contributed by atoms with van der Waals surface area (Å²) in [5.74, 6) is 0.299. The van der Waals surface area contributed by atoms with Gasteiger partial charge in [0.05, 0.1) is 5.69 Å². The summed E-state index contributed by atoms with van der Waals surface area (Å²) in [7, 11) is 0. The molecule has 1 aromatic heterocycles. The van der Waals surface area contributed by atoms with Gasteiger partial charge in [-0.25, -0.2) is 9.37 Å². The van der Waals surface area contributed by atoms with E-state index in [-0.39, 0.29) is 17.3 Å². The van der Waals surface area contributed by atoms with Gasteiger partial charge in [0.25, 0.3) is 5.56 Å². The van der Waals surface area contributed by atoms with E-state index >= 15 is 0 Å². The van der Waals surface area contributed by atoms with Gasteiger partial charge in [0.2, 0.25) is 0 Å². The van der Waals surface area contributed by atoms with Gasteiger partial charge in [0, 0.05) is 17.0 Å². The quantitative estimate of drug-likeness (QED) is 0.900. The van der Waals surface area contributed by atoms with Crippen molar-refractivity contribution >= 4 is 0 Å². The van der Waals surface area contributed by atoms with Gasteiger partial charge in [-0.3, -0.25) is 4.79 Å². The molecule has 0 amide bonds. The molecule has 0 aliphatic heterocycles. The minimum absolute atomic E-state index is 0.0833. The van der Waals surface area contributed by atoms with E-state index in [1.54, 1.807) is 19.1 Å². The monoisotopic (exact) mass is 260 g/mol. The molecular weight excluding hydrogens is 243 g/mol. The Morgan fingerprint density at radius 3 is 2.58 bits per heavy atom. The van der Waals surface area contributed by atoms with Crippen LogP contribution in [0, 0.1) is 19.7 Å². The molecule has 1 aromatic carbocycles. The third-order valence-electron chi connectivity index (χ3n) is 3.09. The number of H-pyrrole nitrogens is 1. The first kappa shape index (κ1) is 13.5. The van der Waals surface area contributed by atoms with E-state index in [0.29, 0.717) is 22.6 Å². The molecule has 4 heteroatoms. The number of aromatic nitrogens is 2. The molecule has 0 aliphatic rings. The Hall–Kier alpha value is -1.97. The highest BCUT2D eigenvalue weighted by molar-refractivity contribution is 5.64. The fourth-order valence-corrected chi connectivity index (χ4v) is 1.91. The van der Waals surface area contributed by atoms with Crippen LogP contribution in [0.1, 0.15) is 36.7 Å². The number of halogens is 1. The molecule has 3 nitrogen and oxygen atoms in total. The lowest BCUT2D eigenvalue weighted by Crippen LogP contribution is -2.17. The molecule has 0 unspecified atom stereocenters. The zero-order valence-electron chi connectivity index (χ0n) is 11.5. The maximum absolute atomic E-state index is 13.9. The van der Waals surface area contributed by atoms with Crippen molar-refractivity contribution in [1.29, 1.82) is 0 Å². The summed E-state index contributed by atoms with van der Waals surface area (Å²) in [6, 6.07) is 4.82. The van der Waals surface area contributed by atoms with Gasteiger partial charge in [-0.05, 0) is 26.0 Å². The number of nitrogens with zero attached hydrogens (tertiary/aromatic N) is 1. The van der Waals surface area contributed by atoms with Crippen LogP contribution in [0.3, 0.4) is 0 Å². The predicted octanol–water partition coefficient (Wildman–Crippen LogP) is 3.32. The van der Waals surface area contributed by atoms with Crippen molar-refractivity contribution < 1.29 is 4.39 Å². The highest BCUT2D eigenvalue weighted by Gasteiger charge is 2.15. The highest BCUT2D eigenvalue weighted by atomic mass is 19.1. The topological polar surface area (TPSA) is 45.8 Å². The Morgan fingerprint density at radius 2 is 1.95 bits per heavy atom. The average Bonchev–Trinajstić information content (AvgIpc) is 2.35. The number of hydrogen-bond donors (Lipinski definition) is 1. The summed E-state index contributed by atoms with van der Waals surface area (Å²) in [5.41, 5.74) is 1.96. The number of nitrogens with one attached hydrogen (secondary N) is 1. The molecule has 0 bridgehead atoms. The maximum atomic E-state index is 13.9. The number of rotatable bonds is 2. The van der Waals surface area contributed by atoms with E-state index in [1.165, 1.54) is 6.07 Å². The Labute approximate surface area is 111 Å². The fourth-order valence-electron chi connectivity index (χ4n) is 1.91. The number of benzene rings is 1. The van der Waals surface area contributed by atoms with Gasteiger partial charge in [0.15, 0.2) is 0 Å². The standard InChI is InChI=1S/C15H17FN2O/c1-8(2)14-17-13(10(4)15(19)18-14)11-7-9(3)5-6-12(11)16/h5-8H,1-4H3,(H,17,18,19). The minimum atomic E-state index is -0.360. The predicted molar refractivity (Wildman–Crippen MR) is 73.8 cm³/mol. The molecule has 2 aromatic rings. The van der Waals surface area contributed by atoms with Gasteiger partial charge in [-0.1, -0.05) is 25.5 Å². The first-order chi connectivity index (χ1) is 8.90. The lowest BCUT2D eigenvalue weighted by atomic mass is 10.0. The van der Waals surface area contributed by atoms with E-state index in [2.05, 4.69) is 9.97 Å². The van der Waals surface area contributed by atoms with Crippen LogP contribution >= 0.6 is 0 Å². The molecule has 0 fully saturated rings. The van der Waals surface area contributed by atoms with E-state index in [4.69, 9.17) is 0 Å². The maximum Gasteiger partial charge on any atom is 0.254 e. The molecule has 2 rings (SSSR count). The lowest BCUT2D eigenvalue weighted by molar-refractivity contribution is 0.629. The third-order valence-corrected chi connectivity index (χ3v) is 3.09. The zero-order valence-corrected chi connectivity index (χ0v) is 11.5. The van der Waals surface area contributed by atoms with Gasteiger partial charge in [0.1, 0.15) is 11.6 Å². The van der Waals surface area contributed by atoms with Crippen LogP contribution < -0.4 is 5.56 Å². The van der Waals surface area contributed by atoms with Gasteiger partial charge in [-0.15, -0.1) is 0 Å². The number of hydrogen-bond acceptors (Lipinski definition) is 2. The highest BCUT2D eigenvalue weighted by Crippen LogP contribution is 2.24. The molecule has 0 saturated carbocycles. The summed E-state index contributed by atoms with van der Waals surface area (Å²) in [6.45, 7) is 7.41. The van der Waals surface area contributed by atoms with Crippen LogP contribution in [0.15, 0.2) is 23.0 Å². The molecular formula is C15H17FN2O. The van der Waals surface area contributed by atoms with Gasteiger partial charge in [-0.2, -0.15) is 0 Å². The Morgan fingerprint density at radius 1 is 1.26 bits per heavy atom. The number of aromatic amines is 1. The van der Waals surface area contributed by atoms with Crippen LogP contribution in [0.5, 0.6) is 0 Å². The molecule has 100 valence electrons. The van der Waals surface area contributed by atoms with E-state index in [0.717, 1.165) is 5.56 Å².